The Hall–Kier alpha value is -3.21. The molecule has 2 aromatic carbocycles. The van der Waals surface area contributed by atoms with Crippen molar-refractivity contribution in [2.75, 3.05) is 11.9 Å². The number of aromatic nitrogens is 2. The number of furan rings is 1. The van der Waals surface area contributed by atoms with Gasteiger partial charge in [-0.2, -0.15) is 0 Å². The number of imidazole rings is 1. The Morgan fingerprint density at radius 3 is 2.43 bits per heavy atom. The maximum Gasteiger partial charge on any atom is 0.373 e. The van der Waals surface area contributed by atoms with E-state index in [1.165, 1.54) is 33.5 Å². The van der Waals surface area contributed by atoms with Crippen LogP contribution in [0.25, 0.3) is 22.7 Å². The van der Waals surface area contributed by atoms with Crippen LogP contribution in [0.15, 0.2) is 70.7 Å². The van der Waals surface area contributed by atoms with Gasteiger partial charge in [0, 0.05) is 17.9 Å². The van der Waals surface area contributed by atoms with E-state index in [-0.39, 0.29) is 6.85 Å². The summed E-state index contributed by atoms with van der Waals surface area (Å²) >= 11 is 0. The number of anilines is 1. The van der Waals surface area contributed by atoms with E-state index in [9.17, 15) is 0 Å². The van der Waals surface area contributed by atoms with E-state index in [1.54, 1.807) is 0 Å². The third-order valence-corrected chi connectivity index (χ3v) is 5.92. The lowest BCUT2D eigenvalue weighted by molar-refractivity contribution is -0.601. The molecule has 1 aliphatic heterocycles. The Kier molecular flexibility index (Phi) is 3.73. The number of allylic oxidation sites excluding steroid dienone is 1. The van der Waals surface area contributed by atoms with Crippen LogP contribution in [0.3, 0.4) is 0 Å². The molecule has 3 heterocycles. The molecule has 0 atom stereocenters. The summed E-state index contributed by atoms with van der Waals surface area (Å²) in [7, 11) is 4.26. The average Bonchev–Trinajstić information content (AvgIpc) is 3.22. The van der Waals surface area contributed by atoms with Crippen molar-refractivity contribution in [2.24, 2.45) is 7.05 Å². The highest BCUT2D eigenvalue weighted by Gasteiger charge is 2.39. The minimum absolute atomic E-state index is 0.127. The second-order valence-electron chi connectivity index (χ2n) is 7.58. The zero-order chi connectivity index (χ0) is 19.4. The summed E-state index contributed by atoms with van der Waals surface area (Å²) in [5.74, 6) is 2.12. The van der Waals surface area contributed by atoms with E-state index in [2.05, 4.69) is 90.6 Å². The Morgan fingerprint density at radius 2 is 1.64 bits per heavy atom. The topological polar surface area (TPSA) is 25.2 Å². The number of nitrogens with zero attached hydrogens (tertiary/aromatic N) is 3. The molecule has 138 valence electrons. The van der Waals surface area contributed by atoms with E-state index in [1.807, 2.05) is 18.2 Å². The number of fused-ring (bicyclic) bond motifs is 3. The van der Waals surface area contributed by atoms with Gasteiger partial charge in [-0.25, -0.2) is 9.13 Å². The molecule has 4 nitrogen and oxygen atoms in total. The molecule has 0 saturated carbocycles. The first-order valence-electron chi connectivity index (χ1n) is 9.62. The molecule has 0 unspecified atom stereocenters. The lowest BCUT2D eigenvalue weighted by Gasteiger charge is -2.28. The first-order valence-corrected chi connectivity index (χ1v) is 9.62. The van der Waals surface area contributed by atoms with Gasteiger partial charge >= 0.3 is 6.85 Å². The highest BCUT2D eigenvalue weighted by Crippen LogP contribution is 2.37. The summed E-state index contributed by atoms with van der Waals surface area (Å²) in [6.45, 7) is 4.49. The molecule has 5 heteroatoms. The summed E-state index contributed by atoms with van der Waals surface area (Å²) < 4.78 is 10.8. The van der Waals surface area contributed by atoms with E-state index in [0.717, 1.165) is 11.5 Å². The second kappa shape index (κ2) is 6.16. The molecular formula is C23H23BN3O+. The van der Waals surface area contributed by atoms with Crippen LogP contribution in [0, 0.1) is 6.92 Å². The Bertz CT molecular complexity index is 1220. The summed E-state index contributed by atoms with van der Waals surface area (Å²) in [6.07, 6.45) is 4.53. The van der Waals surface area contributed by atoms with Crippen molar-refractivity contribution >= 4 is 35.4 Å². The van der Waals surface area contributed by atoms with Crippen LogP contribution in [0.2, 0.25) is 0 Å². The van der Waals surface area contributed by atoms with Crippen LogP contribution in [0.1, 0.15) is 18.3 Å². The maximum atomic E-state index is 6.23. The van der Waals surface area contributed by atoms with Crippen LogP contribution in [-0.4, -0.2) is 18.5 Å². The predicted molar refractivity (Wildman–Crippen MR) is 115 cm³/mol. The molecule has 0 amide bonds. The van der Waals surface area contributed by atoms with E-state index in [4.69, 9.17) is 4.42 Å². The number of benzene rings is 2. The number of rotatable bonds is 2. The van der Waals surface area contributed by atoms with Gasteiger partial charge in [0.2, 0.25) is 0 Å². The molecule has 0 aliphatic carbocycles. The fraction of sp³-hybridized carbons (Fsp3) is 0.174. The summed E-state index contributed by atoms with van der Waals surface area (Å²) in [4.78, 5) is 2.26. The first-order chi connectivity index (χ1) is 13.6. The molecule has 5 rings (SSSR count). The Balaban J connectivity index is 1.65. The third-order valence-electron chi connectivity index (χ3n) is 5.92. The van der Waals surface area contributed by atoms with Crippen molar-refractivity contribution in [2.45, 2.75) is 13.8 Å². The Morgan fingerprint density at radius 1 is 0.929 bits per heavy atom. The quantitative estimate of drug-likeness (QED) is 0.399. The molecule has 0 spiro atoms. The van der Waals surface area contributed by atoms with Crippen molar-refractivity contribution in [1.29, 1.82) is 0 Å². The van der Waals surface area contributed by atoms with Crippen LogP contribution in [0.5, 0.6) is 0 Å². The van der Waals surface area contributed by atoms with Crippen molar-refractivity contribution in [3.05, 3.63) is 77.7 Å². The minimum Gasteiger partial charge on any atom is -0.441 e. The van der Waals surface area contributed by atoms with Crippen molar-refractivity contribution in [3.63, 3.8) is 0 Å². The molecular weight excluding hydrogens is 345 g/mol. The molecule has 28 heavy (non-hydrogen) atoms. The van der Waals surface area contributed by atoms with Gasteiger partial charge in [0.05, 0.1) is 7.05 Å². The lowest BCUT2D eigenvalue weighted by Crippen LogP contribution is -2.51. The number of para-hydroxylation sites is 2. The summed E-state index contributed by atoms with van der Waals surface area (Å²) in [6, 6.07) is 18.7. The van der Waals surface area contributed by atoms with Gasteiger partial charge in [0.1, 0.15) is 23.1 Å². The van der Waals surface area contributed by atoms with Crippen molar-refractivity contribution in [1.82, 2.24) is 4.57 Å². The molecule has 0 fully saturated rings. The fourth-order valence-corrected chi connectivity index (χ4v) is 4.38. The largest absolute Gasteiger partial charge is 0.441 e. The smallest absolute Gasteiger partial charge is 0.373 e. The zero-order valence-corrected chi connectivity index (χ0v) is 16.7. The molecule has 1 aliphatic rings. The van der Waals surface area contributed by atoms with Gasteiger partial charge in [-0.3, -0.25) is 0 Å². The van der Waals surface area contributed by atoms with Crippen LogP contribution in [0.4, 0.5) is 5.88 Å². The SMILES string of the molecule is CC1=Cc2c(oc3ccccc23)N(C)B1c1c[n+](-c2ccccc2)c(C)n1C. The van der Waals surface area contributed by atoms with Gasteiger partial charge in [-0.1, -0.05) is 47.9 Å². The molecule has 4 aromatic rings. The van der Waals surface area contributed by atoms with Crippen LogP contribution >= 0.6 is 0 Å². The van der Waals surface area contributed by atoms with Crippen molar-refractivity contribution < 1.29 is 8.98 Å². The number of hydrogen-bond acceptors (Lipinski definition) is 2. The molecule has 0 saturated heterocycles. The van der Waals surface area contributed by atoms with Gasteiger partial charge in [0.25, 0.3) is 5.82 Å². The normalized spacial score (nSPS) is 13.8. The molecule has 0 N–H and O–H groups in total. The molecule has 0 radical (unpaired) electrons. The number of hydrogen-bond donors (Lipinski definition) is 0. The van der Waals surface area contributed by atoms with E-state index < -0.39 is 0 Å². The molecule has 0 bridgehead atoms. The van der Waals surface area contributed by atoms with Gasteiger partial charge < -0.3 is 9.23 Å². The van der Waals surface area contributed by atoms with Crippen LogP contribution in [-0.2, 0) is 7.05 Å². The van der Waals surface area contributed by atoms with Crippen molar-refractivity contribution in [3.8, 4) is 5.69 Å². The first kappa shape index (κ1) is 16.9. The average molecular weight is 368 g/mol. The molecule has 2 aromatic heterocycles. The standard InChI is InChI=1S/C23H23BN3O/c1-16-14-20-19-12-8-9-13-21(19)28-23(20)26(4)24(16)22-15-27(17(2)25(22)3)18-10-6-5-7-11-18/h5-15H,1-4H3/q+1. The third kappa shape index (κ3) is 2.36. The van der Waals surface area contributed by atoms with Gasteiger partial charge in [-0.05, 0) is 32.2 Å². The van der Waals surface area contributed by atoms with Gasteiger partial charge in [0.15, 0.2) is 5.88 Å². The Labute approximate surface area is 165 Å². The van der Waals surface area contributed by atoms with E-state index >= 15 is 0 Å². The highest BCUT2D eigenvalue weighted by molar-refractivity contribution is 6.83. The zero-order valence-electron chi connectivity index (χ0n) is 16.7. The minimum atomic E-state index is 0.127. The lowest BCUT2D eigenvalue weighted by atomic mass is 9.50. The van der Waals surface area contributed by atoms with E-state index in [0.29, 0.717) is 0 Å². The maximum absolute atomic E-state index is 6.23. The van der Waals surface area contributed by atoms with Gasteiger partial charge in [-0.15, -0.1) is 0 Å². The predicted octanol–water partition coefficient (Wildman–Crippen LogP) is 3.65. The monoisotopic (exact) mass is 368 g/mol. The van der Waals surface area contributed by atoms with Crippen LogP contribution < -0.4 is 15.0 Å². The fourth-order valence-electron chi connectivity index (χ4n) is 4.38. The summed E-state index contributed by atoms with van der Waals surface area (Å²) in [5.41, 5.74) is 5.83. The second-order valence-corrected chi connectivity index (χ2v) is 7.58. The highest BCUT2D eigenvalue weighted by atomic mass is 16.4. The summed E-state index contributed by atoms with van der Waals surface area (Å²) in [5, 5.41) is 1.17.